The summed E-state index contributed by atoms with van der Waals surface area (Å²) in [6.07, 6.45) is 1.23. The Hall–Kier alpha value is -2.04. The lowest BCUT2D eigenvalue weighted by molar-refractivity contribution is 0.496. The number of hydrogen-bond donors (Lipinski definition) is 1. The first-order valence-corrected chi connectivity index (χ1v) is 4.41. The first-order chi connectivity index (χ1) is 7.58. The Morgan fingerprint density at radius 2 is 1.62 bits per heavy atom. The molecule has 2 rings (SSSR count). The molecular formula is C11H6F3NO. The fourth-order valence-corrected chi connectivity index (χ4v) is 1.32. The van der Waals surface area contributed by atoms with Crippen molar-refractivity contribution in [3.8, 4) is 11.1 Å². The highest BCUT2D eigenvalue weighted by atomic mass is 19.2. The van der Waals surface area contributed by atoms with Crippen LogP contribution in [-0.4, -0.2) is 4.98 Å². The van der Waals surface area contributed by atoms with Crippen LogP contribution in [0.4, 0.5) is 13.2 Å². The van der Waals surface area contributed by atoms with Crippen LogP contribution in [0.5, 0.6) is 0 Å². The Bertz CT molecular complexity index is 572. The van der Waals surface area contributed by atoms with E-state index in [0.717, 1.165) is 6.07 Å². The van der Waals surface area contributed by atoms with Gasteiger partial charge in [0.1, 0.15) is 5.82 Å². The van der Waals surface area contributed by atoms with Gasteiger partial charge in [-0.2, -0.15) is 0 Å². The van der Waals surface area contributed by atoms with Gasteiger partial charge in [0.15, 0.2) is 11.6 Å². The maximum atomic E-state index is 13.3. The van der Waals surface area contributed by atoms with Crippen molar-refractivity contribution in [1.29, 1.82) is 0 Å². The highest BCUT2D eigenvalue weighted by Crippen LogP contribution is 2.23. The summed E-state index contributed by atoms with van der Waals surface area (Å²) in [4.78, 5) is 13.1. The molecule has 2 nitrogen and oxygen atoms in total. The second-order valence-electron chi connectivity index (χ2n) is 3.19. The molecule has 0 aliphatic heterocycles. The number of benzene rings is 1. The highest BCUT2D eigenvalue weighted by Gasteiger charge is 2.11. The fraction of sp³-hybridized carbons (Fsp3) is 0. The zero-order valence-corrected chi connectivity index (χ0v) is 7.93. The molecule has 2 aromatic rings. The van der Waals surface area contributed by atoms with Gasteiger partial charge < -0.3 is 4.98 Å². The SMILES string of the molecule is O=c1ccc(-c2cc(F)c(F)cc2F)c[nH]1. The summed E-state index contributed by atoms with van der Waals surface area (Å²) >= 11 is 0. The number of halogens is 3. The molecule has 0 amide bonds. The van der Waals surface area contributed by atoms with Crippen molar-refractivity contribution in [1.82, 2.24) is 4.98 Å². The standard InChI is InChI=1S/C11H6F3NO/c12-8-4-10(14)9(13)3-7(8)6-1-2-11(16)15-5-6/h1-5H,(H,15,16). The molecule has 1 aromatic heterocycles. The summed E-state index contributed by atoms with van der Waals surface area (Å²) < 4.78 is 38.9. The van der Waals surface area contributed by atoms with Gasteiger partial charge in [-0.25, -0.2) is 13.2 Å². The van der Waals surface area contributed by atoms with Gasteiger partial charge in [-0.1, -0.05) is 0 Å². The zero-order chi connectivity index (χ0) is 11.7. The molecule has 5 heteroatoms. The predicted molar refractivity (Wildman–Crippen MR) is 52.4 cm³/mol. The van der Waals surface area contributed by atoms with Gasteiger partial charge in [0.05, 0.1) is 0 Å². The average Bonchev–Trinajstić information content (AvgIpc) is 2.25. The molecule has 0 saturated carbocycles. The van der Waals surface area contributed by atoms with E-state index in [-0.39, 0.29) is 16.7 Å². The Morgan fingerprint density at radius 1 is 0.938 bits per heavy atom. The molecule has 0 unspecified atom stereocenters. The van der Waals surface area contributed by atoms with Crippen molar-refractivity contribution in [2.45, 2.75) is 0 Å². The van der Waals surface area contributed by atoms with E-state index in [0.29, 0.717) is 6.07 Å². The molecule has 0 aliphatic rings. The van der Waals surface area contributed by atoms with Crippen LogP contribution in [0.1, 0.15) is 0 Å². The van der Waals surface area contributed by atoms with E-state index in [9.17, 15) is 18.0 Å². The van der Waals surface area contributed by atoms with Crippen LogP contribution in [0.15, 0.2) is 35.3 Å². The minimum absolute atomic E-state index is 0.102. The van der Waals surface area contributed by atoms with Gasteiger partial charge in [-0.3, -0.25) is 4.79 Å². The molecule has 0 aliphatic carbocycles. The van der Waals surface area contributed by atoms with Gasteiger partial charge >= 0.3 is 0 Å². The summed E-state index contributed by atoms with van der Waals surface area (Å²) in [5, 5.41) is 0. The van der Waals surface area contributed by atoms with E-state index in [2.05, 4.69) is 4.98 Å². The number of H-pyrrole nitrogens is 1. The van der Waals surface area contributed by atoms with Crippen molar-refractivity contribution < 1.29 is 13.2 Å². The summed E-state index contributed by atoms with van der Waals surface area (Å²) in [6, 6.07) is 3.72. The van der Waals surface area contributed by atoms with E-state index >= 15 is 0 Å². The topological polar surface area (TPSA) is 32.9 Å². The minimum Gasteiger partial charge on any atom is -0.328 e. The largest absolute Gasteiger partial charge is 0.328 e. The second-order valence-corrected chi connectivity index (χ2v) is 3.19. The van der Waals surface area contributed by atoms with Gasteiger partial charge in [0, 0.05) is 29.5 Å². The fourth-order valence-electron chi connectivity index (χ4n) is 1.32. The summed E-state index contributed by atoms with van der Waals surface area (Å²) in [6.45, 7) is 0. The first-order valence-electron chi connectivity index (χ1n) is 4.41. The minimum atomic E-state index is -1.24. The van der Waals surface area contributed by atoms with E-state index < -0.39 is 17.5 Å². The molecule has 0 atom stereocenters. The average molecular weight is 225 g/mol. The van der Waals surface area contributed by atoms with E-state index in [1.807, 2.05) is 0 Å². The predicted octanol–water partition coefficient (Wildman–Crippen LogP) is 2.46. The Morgan fingerprint density at radius 3 is 2.25 bits per heavy atom. The van der Waals surface area contributed by atoms with Crippen LogP contribution >= 0.6 is 0 Å². The molecular weight excluding hydrogens is 219 g/mol. The van der Waals surface area contributed by atoms with Crippen molar-refractivity contribution in [2.24, 2.45) is 0 Å². The van der Waals surface area contributed by atoms with E-state index in [1.54, 1.807) is 0 Å². The first kappa shape index (κ1) is 10.5. The molecule has 1 N–H and O–H groups in total. The molecule has 1 heterocycles. The number of rotatable bonds is 1. The van der Waals surface area contributed by atoms with Crippen LogP contribution in [-0.2, 0) is 0 Å². The lowest BCUT2D eigenvalue weighted by atomic mass is 10.1. The summed E-state index contributed by atoms with van der Waals surface area (Å²) in [5.74, 6) is -3.26. The third-order valence-corrected chi connectivity index (χ3v) is 2.11. The van der Waals surface area contributed by atoms with E-state index in [4.69, 9.17) is 0 Å². The van der Waals surface area contributed by atoms with Crippen molar-refractivity contribution in [3.63, 3.8) is 0 Å². The van der Waals surface area contributed by atoms with Crippen molar-refractivity contribution >= 4 is 0 Å². The number of pyridine rings is 1. The molecule has 82 valence electrons. The lowest BCUT2D eigenvalue weighted by Gasteiger charge is -2.03. The third-order valence-electron chi connectivity index (χ3n) is 2.11. The van der Waals surface area contributed by atoms with E-state index in [1.165, 1.54) is 18.3 Å². The zero-order valence-electron chi connectivity index (χ0n) is 7.93. The quantitative estimate of drug-likeness (QED) is 0.743. The Labute approximate surface area is 88.4 Å². The molecule has 1 aromatic carbocycles. The Balaban J connectivity index is 2.60. The third kappa shape index (κ3) is 1.84. The van der Waals surface area contributed by atoms with Crippen LogP contribution in [0.25, 0.3) is 11.1 Å². The van der Waals surface area contributed by atoms with Crippen LogP contribution in [0.2, 0.25) is 0 Å². The maximum absolute atomic E-state index is 13.3. The molecule has 0 spiro atoms. The monoisotopic (exact) mass is 225 g/mol. The number of nitrogens with one attached hydrogen (secondary N) is 1. The van der Waals surface area contributed by atoms with Crippen LogP contribution in [0, 0.1) is 17.5 Å². The second kappa shape index (κ2) is 3.84. The molecule has 0 fully saturated rings. The number of hydrogen-bond acceptors (Lipinski definition) is 1. The van der Waals surface area contributed by atoms with Crippen LogP contribution < -0.4 is 5.56 Å². The van der Waals surface area contributed by atoms with Gasteiger partial charge in [-0.05, 0) is 12.1 Å². The highest BCUT2D eigenvalue weighted by molar-refractivity contribution is 5.62. The van der Waals surface area contributed by atoms with Gasteiger partial charge in [0.25, 0.3) is 0 Å². The van der Waals surface area contributed by atoms with Gasteiger partial charge in [-0.15, -0.1) is 0 Å². The number of aromatic amines is 1. The Kier molecular flexibility index (Phi) is 2.52. The molecule has 0 saturated heterocycles. The maximum Gasteiger partial charge on any atom is 0.247 e. The smallest absolute Gasteiger partial charge is 0.247 e. The normalized spacial score (nSPS) is 10.4. The number of aromatic nitrogens is 1. The lowest BCUT2D eigenvalue weighted by Crippen LogP contribution is -2.02. The summed E-state index contributed by atoms with van der Waals surface area (Å²) in [5.41, 5.74) is -0.183. The van der Waals surface area contributed by atoms with Crippen molar-refractivity contribution in [2.75, 3.05) is 0 Å². The molecule has 0 radical (unpaired) electrons. The van der Waals surface area contributed by atoms with Crippen molar-refractivity contribution in [3.05, 3.63) is 58.3 Å². The summed E-state index contributed by atoms with van der Waals surface area (Å²) in [7, 11) is 0. The molecule has 0 bridgehead atoms. The van der Waals surface area contributed by atoms with Crippen LogP contribution in [0.3, 0.4) is 0 Å². The molecule has 16 heavy (non-hydrogen) atoms. The van der Waals surface area contributed by atoms with Gasteiger partial charge in [0.2, 0.25) is 5.56 Å².